The van der Waals surface area contributed by atoms with Crippen LogP contribution in [0.15, 0.2) is 24.3 Å². The highest BCUT2D eigenvalue weighted by molar-refractivity contribution is 5.89. The Bertz CT molecular complexity index is 412. The number of nitrogens with one attached hydrogen (secondary N) is 1. The highest BCUT2D eigenvalue weighted by Crippen LogP contribution is 2.37. The van der Waals surface area contributed by atoms with Crippen molar-refractivity contribution in [1.29, 1.82) is 0 Å². The Balaban J connectivity index is 2.08. The zero-order valence-electron chi connectivity index (χ0n) is 11.5. The van der Waals surface area contributed by atoms with Crippen molar-refractivity contribution < 1.29 is 14.4 Å². The van der Waals surface area contributed by atoms with E-state index in [1.165, 1.54) is 19.3 Å². The Morgan fingerprint density at radius 1 is 1.37 bits per heavy atom. The van der Waals surface area contributed by atoms with Gasteiger partial charge < -0.3 is 9.57 Å². The van der Waals surface area contributed by atoms with Crippen LogP contribution in [0.5, 0.6) is 0 Å². The Hall–Kier alpha value is -1.39. The van der Waals surface area contributed by atoms with Gasteiger partial charge in [0.2, 0.25) is 0 Å². The Kier molecular flexibility index (Phi) is 4.93. The summed E-state index contributed by atoms with van der Waals surface area (Å²) < 4.78 is 4.98. The summed E-state index contributed by atoms with van der Waals surface area (Å²) in [5, 5.41) is 0. The molecule has 1 aromatic carbocycles. The van der Waals surface area contributed by atoms with Gasteiger partial charge in [-0.05, 0) is 43.4 Å². The van der Waals surface area contributed by atoms with Crippen molar-refractivity contribution in [3.8, 4) is 0 Å². The summed E-state index contributed by atoms with van der Waals surface area (Å²) in [6.45, 7) is 2.21. The molecule has 1 saturated carbocycles. The van der Waals surface area contributed by atoms with Crippen molar-refractivity contribution in [3.05, 3.63) is 35.4 Å². The normalized spacial score (nSPS) is 16.7. The number of carbonyl (C=O) groups is 1. The molecule has 1 N–H and O–H groups in total. The van der Waals surface area contributed by atoms with Gasteiger partial charge in [-0.1, -0.05) is 18.6 Å². The van der Waals surface area contributed by atoms with Crippen molar-refractivity contribution in [2.24, 2.45) is 5.92 Å². The van der Waals surface area contributed by atoms with Crippen LogP contribution >= 0.6 is 0 Å². The van der Waals surface area contributed by atoms with Gasteiger partial charge in [-0.2, -0.15) is 5.48 Å². The Morgan fingerprint density at radius 3 is 2.53 bits per heavy atom. The van der Waals surface area contributed by atoms with Crippen molar-refractivity contribution in [2.45, 2.75) is 32.2 Å². The van der Waals surface area contributed by atoms with Gasteiger partial charge >= 0.3 is 5.97 Å². The van der Waals surface area contributed by atoms with Crippen molar-refractivity contribution in [2.75, 3.05) is 13.7 Å². The van der Waals surface area contributed by atoms with E-state index in [9.17, 15) is 4.79 Å². The first-order valence-electron chi connectivity index (χ1n) is 6.81. The molecule has 0 amide bonds. The molecule has 4 nitrogen and oxygen atoms in total. The molecule has 0 heterocycles. The molecule has 19 heavy (non-hydrogen) atoms. The highest BCUT2D eigenvalue weighted by Gasteiger charge is 2.28. The number of hydrogen-bond acceptors (Lipinski definition) is 4. The number of ether oxygens (including phenoxy) is 1. The summed E-state index contributed by atoms with van der Waals surface area (Å²) in [7, 11) is 1.64. The quantitative estimate of drug-likeness (QED) is 0.633. The molecule has 0 bridgehead atoms. The van der Waals surface area contributed by atoms with E-state index < -0.39 is 0 Å². The molecule has 0 radical (unpaired) electrons. The summed E-state index contributed by atoms with van der Waals surface area (Å²) in [5.41, 5.74) is 4.80. The van der Waals surface area contributed by atoms with Crippen molar-refractivity contribution >= 4 is 5.97 Å². The van der Waals surface area contributed by atoms with Crippen LogP contribution in [0.2, 0.25) is 0 Å². The molecule has 0 aliphatic heterocycles. The number of hydroxylamine groups is 1. The van der Waals surface area contributed by atoms with Gasteiger partial charge in [0.25, 0.3) is 0 Å². The first-order valence-corrected chi connectivity index (χ1v) is 6.81. The number of carbonyl (C=O) groups excluding carboxylic acids is 1. The Labute approximate surface area is 114 Å². The number of benzene rings is 1. The minimum absolute atomic E-state index is 0.204. The second-order valence-corrected chi connectivity index (χ2v) is 4.83. The van der Waals surface area contributed by atoms with Crippen LogP contribution in [0, 0.1) is 5.92 Å². The SMILES string of the molecule is CCOC(=O)c1ccc(C(NOC)C2CCC2)cc1. The maximum Gasteiger partial charge on any atom is 0.338 e. The zero-order valence-corrected chi connectivity index (χ0v) is 11.5. The third-order valence-electron chi connectivity index (χ3n) is 3.65. The smallest absolute Gasteiger partial charge is 0.338 e. The number of rotatable bonds is 6. The first-order chi connectivity index (χ1) is 9.26. The van der Waals surface area contributed by atoms with E-state index in [1.807, 2.05) is 24.3 Å². The van der Waals surface area contributed by atoms with E-state index in [0.29, 0.717) is 18.1 Å². The van der Waals surface area contributed by atoms with Crippen molar-refractivity contribution in [1.82, 2.24) is 5.48 Å². The molecule has 1 fully saturated rings. The van der Waals surface area contributed by atoms with Crippen LogP contribution in [-0.2, 0) is 9.57 Å². The molecule has 1 aliphatic rings. The molecular weight excluding hydrogens is 242 g/mol. The topological polar surface area (TPSA) is 47.6 Å². The summed E-state index contributed by atoms with van der Waals surface area (Å²) >= 11 is 0. The maximum absolute atomic E-state index is 11.6. The minimum atomic E-state index is -0.269. The standard InChI is InChI=1S/C15H21NO3/c1-3-19-15(17)13-9-7-12(8-10-13)14(16-18-2)11-5-4-6-11/h7-11,14,16H,3-6H2,1-2H3. The van der Waals surface area contributed by atoms with Gasteiger partial charge in [-0.3, -0.25) is 0 Å². The van der Waals surface area contributed by atoms with Gasteiger partial charge in [-0.25, -0.2) is 4.79 Å². The molecule has 0 saturated heterocycles. The van der Waals surface area contributed by atoms with Crippen molar-refractivity contribution in [3.63, 3.8) is 0 Å². The fraction of sp³-hybridized carbons (Fsp3) is 0.533. The number of esters is 1. The van der Waals surface area contributed by atoms with E-state index in [2.05, 4.69) is 5.48 Å². The van der Waals surface area contributed by atoms with Gasteiger partial charge in [0.05, 0.1) is 25.3 Å². The van der Waals surface area contributed by atoms with E-state index in [0.717, 1.165) is 5.56 Å². The van der Waals surface area contributed by atoms with Crippen LogP contribution < -0.4 is 5.48 Å². The van der Waals surface area contributed by atoms with Gasteiger partial charge in [-0.15, -0.1) is 0 Å². The third-order valence-corrected chi connectivity index (χ3v) is 3.65. The average molecular weight is 263 g/mol. The zero-order chi connectivity index (χ0) is 13.7. The molecule has 0 spiro atoms. The molecule has 2 rings (SSSR count). The summed E-state index contributed by atoms with van der Waals surface area (Å²) in [5.74, 6) is 0.349. The lowest BCUT2D eigenvalue weighted by atomic mass is 9.77. The van der Waals surface area contributed by atoms with Crippen LogP contribution in [0.25, 0.3) is 0 Å². The summed E-state index contributed by atoms with van der Waals surface area (Å²) in [4.78, 5) is 16.7. The van der Waals surface area contributed by atoms with Crippen LogP contribution in [0.4, 0.5) is 0 Å². The van der Waals surface area contributed by atoms with E-state index in [-0.39, 0.29) is 12.0 Å². The molecule has 4 heteroatoms. The molecule has 1 aromatic rings. The maximum atomic E-state index is 11.6. The van der Waals surface area contributed by atoms with E-state index >= 15 is 0 Å². The van der Waals surface area contributed by atoms with Gasteiger partial charge in [0, 0.05) is 0 Å². The molecule has 0 aromatic heterocycles. The van der Waals surface area contributed by atoms with E-state index in [1.54, 1.807) is 14.0 Å². The lowest BCUT2D eigenvalue weighted by Crippen LogP contribution is -2.31. The van der Waals surface area contributed by atoms with Crippen LogP contribution in [0.1, 0.15) is 48.1 Å². The lowest BCUT2D eigenvalue weighted by Gasteiger charge is -2.34. The first kappa shape index (κ1) is 14.0. The number of hydrogen-bond donors (Lipinski definition) is 1. The second kappa shape index (κ2) is 6.68. The lowest BCUT2D eigenvalue weighted by molar-refractivity contribution is 0.0244. The third kappa shape index (κ3) is 3.33. The predicted molar refractivity (Wildman–Crippen MR) is 72.6 cm³/mol. The molecule has 1 unspecified atom stereocenters. The molecule has 104 valence electrons. The highest BCUT2D eigenvalue weighted by atomic mass is 16.6. The van der Waals surface area contributed by atoms with Crippen LogP contribution in [0.3, 0.4) is 0 Å². The monoisotopic (exact) mass is 263 g/mol. The predicted octanol–water partition coefficient (Wildman–Crippen LogP) is 2.86. The Morgan fingerprint density at radius 2 is 2.05 bits per heavy atom. The summed E-state index contributed by atoms with van der Waals surface area (Å²) in [6.07, 6.45) is 3.73. The fourth-order valence-corrected chi connectivity index (χ4v) is 2.38. The molecule has 1 atom stereocenters. The minimum Gasteiger partial charge on any atom is -0.462 e. The van der Waals surface area contributed by atoms with Gasteiger partial charge in [0.1, 0.15) is 0 Å². The molecule has 1 aliphatic carbocycles. The molecular formula is C15H21NO3. The average Bonchev–Trinajstić information content (AvgIpc) is 2.37. The second-order valence-electron chi connectivity index (χ2n) is 4.83. The van der Waals surface area contributed by atoms with Gasteiger partial charge in [0.15, 0.2) is 0 Å². The largest absolute Gasteiger partial charge is 0.462 e. The fourth-order valence-electron chi connectivity index (χ4n) is 2.38. The van der Waals surface area contributed by atoms with Crippen LogP contribution in [-0.4, -0.2) is 19.7 Å². The van der Waals surface area contributed by atoms with E-state index in [4.69, 9.17) is 9.57 Å². The summed E-state index contributed by atoms with van der Waals surface area (Å²) in [6, 6.07) is 7.78.